The van der Waals surface area contributed by atoms with Crippen molar-refractivity contribution in [2.24, 2.45) is 0 Å². The Morgan fingerprint density at radius 2 is 2.06 bits per heavy atom. The molecule has 0 aliphatic carbocycles. The van der Waals surface area contributed by atoms with Crippen LogP contribution >= 0.6 is 12.4 Å². The molecule has 0 radical (unpaired) electrons. The lowest BCUT2D eigenvalue weighted by Gasteiger charge is -2.22. The monoisotopic (exact) mass is 272 g/mol. The standard InChI is InChI=1S/C9H20N2O3S.ClH/c1-10-5-6-11-15(12,13)8-9-4-2-3-7-14-9;/h9-11H,2-8H2,1H3;1H. The normalized spacial score (nSPS) is 21.4. The van der Waals surface area contributed by atoms with Gasteiger partial charge in [-0.15, -0.1) is 12.4 Å². The topological polar surface area (TPSA) is 67.4 Å². The summed E-state index contributed by atoms with van der Waals surface area (Å²) < 4.78 is 31.0. The molecule has 2 N–H and O–H groups in total. The summed E-state index contributed by atoms with van der Waals surface area (Å²) in [6.45, 7) is 1.77. The smallest absolute Gasteiger partial charge is 0.214 e. The van der Waals surface area contributed by atoms with Crippen LogP contribution in [0.5, 0.6) is 0 Å². The molecule has 0 saturated carbocycles. The first-order valence-corrected chi connectivity index (χ1v) is 7.03. The Hall–Kier alpha value is 0.120. The molecule has 1 unspecified atom stereocenters. The van der Waals surface area contributed by atoms with E-state index in [9.17, 15) is 8.42 Å². The van der Waals surface area contributed by atoms with Crippen molar-refractivity contribution in [1.82, 2.24) is 10.0 Å². The van der Waals surface area contributed by atoms with Gasteiger partial charge in [0.1, 0.15) is 0 Å². The third kappa shape index (κ3) is 6.65. The minimum absolute atomic E-state index is 0. The van der Waals surface area contributed by atoms with Crippen molar-refractivity contribution in [2.75, 3.05) is 32.5 Å². The largest absolute Gasteiger partial charge is 0.377 e. The van der Waals surface area contributed by atoms with E-state index in [1.54, 1.807) is 7.05 Å². The summed E-state index contributed by atoms with van der Waals surface area (Å²) in [7, 11) is -1.38. The zero-order valence-electron chi connectivity index (χ0n) is 9.57. The van der Waals surface area contributed by atoms with E-state index in [-0.39, 0.29) is 24.3 Å². The van der Waals surface area contributed by atoms with Gasteiger partial charge in [0.2, 0.25) is 10.0 Å². The molecule has 0 aromatic rings. The predicted octanol–water partition coefficient (Wildman–Crippen LogP) is 0.116. The first-order chi connectivity index (χ1) is 7.14. The van der Waals surface area contributed by atoms with Crippen LogP contribution in [0.1, 0.15) is 19.3 Å². The van der Waals surface area contributed by atoms with Crippen LogP contribution in [0.15, 0.2) is 0 Å². The highest BCUT2D eigenvalue weighted by molar-refractivity contribution is 7.89. The highest BCUT2D eigenvalue weighted by Gasteiger charge is 2.21. The second kappa shape index (κ2) is 8.25. The van der Waals surface area contributed by atoms with Crippen molar-refractivity contribution < 1.29 is 13.2 Å². The number of nitrogens with one attached hydrogen (secondary N) is 2. The van der Waals surface area contributed by atoms with Gasteiger partial charge in [0.25, 0.3) is 0 Å². The number of hydrogen-bond acceptors (Lipinski definition) is 4. The molecule has 16 heavy (non-hydrogen) atoms. The lowest BCUT2D eigenvalue weighted by molar-refractivity contribution is 0.0304. The summed E-state index contributed by atoms with van der Waals surface area (Å²) in [6.07, 6.45) is 2.85. The Balaban J connectivity index is 0.00000225. The summed E-state index contributed by atoms with van der Waals surface area (Å²) in [5, 5.41) is 2.89. The zero-order chi connectivity index (χ0) is 11.1. The number of hydrogen-bond donors (Lipinski definition) is 2. The van der Waals surface area contributed by atoms with Gasteiger partial charge in [-0.05, 0) is 26.3 Å². The second-order valence-corrected chi connectivity index (χ2v) is 5.62. The first-order valence-electron chi connectivity index (χ1n) is 5.37. The average molecular weight is 273 g/mol. The zero-order valence-corrected chi connectivity index (χ0v) is 11.2. The van der Waals surface area contributed by atoms with E-state index in [2.05, 4.69) is 10.0 Å². The van der Waals surface area contributed by atoms with Crippen LogP contribution in [-0.2, 0) is 14.8 Å². The van der Waals surface area contributed by atoms with Crippen LogP contribution in [0.25, 0.3) is 0 Å². The molecular weight excluding hydrogens is 252 g/mol. The van der Waals surface area contributed by atoms with Crippen molar-refractivity contribution in [1.29, 1.82) is 0 Å². The number of halogens is 1. The van der Waals surface area contributed by atoms with E-state index in [0.717, 1.165) is 19.3 Å². The molecule has 0 spiro atoms. The fourth-order valence-electron chi connectivity index (χ4n) is 1.57. The van der Waals surface area contributed by atoms with Crippen molar-refractivity contribution in [2.45, 2.75) is 25.4 Å². The van der Waals surface area contributed by atoms with Crippen LogP contribution in [0.3, 0.4) is 0 Å². The van der Waals surface area contributed by atoms with Crippen molar-refractivity contribution in [3.63, 3.8) is 0 Å². The third-order valence-electron chi connectivity index (χ3n) is 2.38. The molecule has 1 rings (SSSR count). The number of rotatable bonds is 6. The van der Waals surface area contributed by atoms with Crippen molar-refractivity contribution >= 4 is 22.4 Å². The summed E-state index contributed by atoms with van der Waals surface area (Å²) in [5.74, 6) is 0.0940. The van der Waals surface area contributed by atoms with E-state index >= 15 is 0 Å². The Labute approximate surface area is 104 Å². The first kappa shape index (κ1) is 16.1. The van der Waals surface area contributed by atoms with E-state index in [1.807, 2.05) is 0 Å². The molecular formula is C9H21ClN2O3S. The second-order valence-electron chi connectivity index (χ2n) is 3.77. The molecule has 1 saturated heterocycles. The van der Waals surface area contributed by atoms with E-state index in [4.69, 9.17) is 4.74 Å². The quantitative estimate of drug-likeness (QED) is 0.674. The minimum Gasteiger partial charge on any atom is -0.377 e. The molecule has 5 nitrogen and oxygen atoms in total. The van der Waals surface area contributed by atoms with Gasteiger partial charge in [-0.1, -0.05) is 0 Å². The van der Waals surface area contributed by atoms with Crippen LogP contribution in [-0.4, -0.2) is 47.0 Å². The lowest BCUT2D eigenvalue weighted by atomic mass is 10.1. The number of sulfonamides is 1. The van der Waals surface area contributed by atoms with Crippen molar-refractivity contribution in [3.05, 3.63) is 0 Å². The molecule has 7 heteroatoms. The highest BCUT2D eigenvalue weighted by atomic mass is 35.5. The maximum Gasteiger partial charge on any atom is 0.214 e. The number of ether oxygens (including phenoxy) is 1. The summed E-state index contributed by atoms with van der Waals surface area (Å²) >= 11 is 0. The van der Waals surface area contributed by atoms with E-state index in [0.29, 0.717) is 19.7 Å². The van der Waals surface area contributed by atoms with Gasteiger partial charge in [-0.2, -0.15) is 0 Å². The molecule has 98 valence electrons. The highest BCUT2D eigenvalue weighted by Crippen LogP contribution is 2.13. The average Bonchev–Trinajstić information content (AvgIpc) is 2.18. The molecule has 1 heterocycles. The molecule has 0 aromatic heterocycles. The van der Waals surface area contributed by atoms with Gasteiger partial charge in [0, 0.05) is 19.7 Å². The van der Waals surface area contributed by atoms with Crippen molar-refractivity contribution in [3.8, 4) is 0 Å². The summed E-state index contributed by atoms with van der Waals surface area (Å²) in [4.78, 5) is 0. The summed E-state index contributed by atoms with van der Waals surface area (Å²) in [6, 6.07) is 0. The van der Waals surface area contributed by atoms with Crippen LogP contribution in [0.2, 0.25) is 0 Å². The Morgan fingerprint density at radius 3 is 2.62 bits per heavy atom. The predicted molar refractivity (Wildman–Crippen MR) is 66.6 cm³/mol. The minimum atomic E-state index is -3.17. The van der Waals surface area contributed by atoms with Gasteiger partial charge >= 0.3 is 0 Å². The van der Waals surface area contributed by atoms with E-state index in [1.165, 1.54) is 0 Å². The molecule has 0 bridgehead atoms. The number of likely N-dealkylation sites (N-methyl/N-ethyl adjacent to an activating group) is 1. The molecule has 0 amide bonds. The fourth-order valence-corrected chi connectivity index (χ4v) is 2.86. The third-order valence-corrected chi connectivity index (χ3v) is 3.83. The molecule has 1 aliphatic heterocycles. The van der Waals surface area contributed by atoms with Gasteiger partial charge in [0.05, 0.1) is 11.9 Å². The molecule has 0 aromatic carbocycles. The summed E-state index contributed by atoms with van der Waals surface area (Å²) in [5.41, 5.74) is 0. The van der Waals surface area contributed by atoms with Crippen LogP contribution in [0.4, 0.5) is 0 Å². The SMILES string of the molecule is CNCCNS(=O)(=O)CC1CCCCO1.Cl. The lowest BCUT2D eigenvalue weighted by Crippen LogP contribution is -2.37. The van der Waals surface area contributed by atoms with Gasteiger partial charge < -0.3 is 10.1 Å². The van der Waals surface area contributed by atoms with Gasteiger partial charge in [0.15, 0.2) is 0 Å². The maximum absolute atomic E-state index is 11.6. The molecule has 1 fully saturated rings. The molecule has 1 atom stereocenters. The Kier molecular flexibility index (Phi) is 8.31. The fraction of sp³-hybridized carbons (Fsp3) is 1.00. The van der Waals surface area contributed by atoms with Gasteiger partial charge in [-0.3, -0.25) is 0 Å². The van der Waals surface area contributed by atoms with Gasteiger partial charge in [-0.25, -0.2) is 13.1 Å². The van der Waals surface area contributed by atoms with Crippen LogP contribution < -0.4 is 10.0 Å². The Bertz CT molecular complexity index is 266. The van der Waals surface area contributed by atoms with E-state index < -0.39 is 10.0 Å². The maximum atomic E-state index is 11.6. The van der Waals surface area contributed by atoms with Crippen LogP contribution in [0, 0.1) is 0 Å². The molecule has 1 aliphatic rings. The Morgan fingerprint density at radius 1 is 1.31 bits per heavy atom.